The Morgan fingerprint density at radius 1 is 1.50 bits per heavy atom. The molecule has 0 radical (unpaired) electrons. The highest BCUT2D eigenvalue weighted by molar-refractivity contribution is 7.99. The van der Waals surface area contributed by atoms with Crippen molar-refractivity contribution in [2.45, 2.75) is 0 Å². The lowest BCUT2D eigenvalue weighted by Gasteiger charge is -2.04. The number of thioether (sulfide) groups is 1. The molecule has 0 aliphatic heterocycles. The lowest BCUT2D eigenvalue weighted by Crippen LogP contribution is -2.15. The van der Waals surface area contributed by atoms with Crippen LogP contribution in [0, 0.1) is 0 Å². The van der Waals surface area contributed by atoms with Gasteiger partial charge in [0.1, 0.15) is 5.69 Å². The van der Waals surface area contributed by atoms with Crippen molar-refractivity contribution in [3.63, 3.8) is 0 Å². The van der Waals surface area contributed by atoms with Crippen molar-refractivity contribution >= 4 is 29.3 Å². The molecule has 0 aromatic carbocycles. The molecule has 7 heteroatoms. The number of aromatic nitrogens is 1. The SMILES string of the molecule is COCCSCC(=O)Nc1ccc(C(=O)O)nc1. The molecule has 0 fully saturated rings. The number of methoxy groups -OCH3 is 1. The topological polar surface area (TPSA) is 88.5 Å². The molecule has 1 aromatic rings. The minimum absolute atomic E-state index is 0.0533. The molecule has 0 saturated carbocycles. The van der Waals surface area contributed by atoms with Crippen LogP contribution in [0.1, 0.15) is 10.5 Å². The molecule has 0 spiro atoms. The Bertz CT molecular complexity index is 408. The van der Waals surface area contributed by atoms with Gasteiger partial charge in [-0.25, -0.2) is 9.78 Å². The summed E-state index contributed by atoms with van der Waals surface area (Å²) in [6.45, 7) is 0.604. The van der Waals surface area contributed by atoms with Crippen molar-refractivity contribution in [2.24, 2.45) is 0 Å². The number of pyridine rings is 1. The molecule has 98 valence electrons. The second-order valence-corrected chi connectivity index (χ2v) is 4.44. The number of aromatic carboxylic acids is 1. The van der Waals surface area contributed by atoms with Crippen molar-refractivity contribution in [1.82, 2.24) is 4.98 Å². The first kappa shape index (κ1) is 14.5. The van der Waals surface area contributed by atoms with E-state index >= 15 is 0 Å². The lowest BCUT2D eigenvalue weighted by atomic mass is 10.3. The maximum Gasteiger partial charge on any atom is 0.354 e. The number of ether oxygens (including phenoxy) is 1. The highest BCUT2D eigenvalue weighted by Gasteiger charge is 2.06. The molecule has 0 bridgehead atoms. The van der Waals surface area contributed by atoms with Crippen LogP contribution in [0.5, 0.6) is 0 Å². The summed E-state index contributed by atoms with van der Waals surface area (Å²) in [6.07, 6.45) is 1.32. The number of amides is 1. The average Bonchev–Trinajstić information content (AvgIpc) is 2.35. The molecule has 0 aliphatic carbocycles. The Balaban J connectivity index is 2.37. The highest BCUT2D eigenvalue weighted by Crippen LogP contribution is 2.07. The van der Waals surface area contributed by atoms with E-state index in [1.54, 1.807) is 7.11 Å². The number of carboxylic acids is 1. The standard InChI is InChI=1S/C11H14N2O4S/c1-17-4-5-18-7-10(14)13-8-2-3-9(11(15)16)12-6-8/h2-3,6H,4-5,7H2,1H3,(H,13,14)(H,15,16). The van der Waals surface area contributed by atoms with Gasteiger partial charge in [0.25, 0.3) is 0 Å². The van der Waals surface area contributed by atoms with Gasteiger partial charge in [-0.15, -0.1) is 11.8 Å². The van der Waals surface area contributed by atoms with E-state index in [9.17, 15) is 9.59 Å². The maximum atomic E-state index is 11.5. The fourth-order valence-corrected chi connectivity index (χ4v) is 1.78. The third-order valence-electron chi connectivity index (χ3n) is 1.93. The molecule has 0 unspecified atom stereocenters. The number of rotatable bonds is 7. The van der Waals surface area contributed by atoms with Gasteiger partial charge in [0, 0.05) is 12.9 Å². The van der Waals surface area contributed by atoms with Crippen LogP contribution in [0.25, 0.3) is 0 Å². The van der Waals surface area contributed by atoms with Crippen LogP contribution >= 0.6 is 11.8 Å². The van der Waals surface area contributed by atoms with Crippen molar-refractivity contribution in [3.05, 3.63) is 24.0 Å². The van der Waals surface area contributed by atoms with Gasteiger partial charge in [-0.1, -0.05) is 0 Å². The Morgan fingerprint density at radius 3 is 2.83 bits per heavy atom. The molecule has 0 aliphatic rings. The Kier molecular flexibility index (Phi) is 6.16. The van der Waals surface area contributed by atoms with Crippen molar-refractivity contribution in [3.8, 4) is 0 Å². The first-order valence-corrected chi connectivity index (χ1v) is 6.35. The molecule has 18 heavy (non-hydrogen) atoms. The molecule has 0 atom stereocenters. The predicted molar refractivity (Wildman–Crippen MR) is 69.0 cm³/mol. The number of carbonyl (C=O) groups excluding carboxylic acids is 1. The second-order valence-electron chi connectivity index (χ2n) is 3.33. The molecule has 1 amide bonds. The van der Waals surface area contributed by atoms with E-state index in [2.05, 4.69) is 10.3 Å². The van der Waals surface area contributed by atoms with Gasteiger partial charge < -0.3 is 15.2 Å². The van der Waals surface area contributed by atoms with Crippen LogP contribution < -0.4 is 5.32 Å². The van der Waals surface area contributed by atoms with Gasteiger partial charge in [-0.2, -0.15) is 0 Å². The minimum atomic E-state index is -1.09. The zero-order valence-electron chi connectivity index (χ0n) is 9.88. The first-order chi connectivity index (χ1) is 8.63. The molecule has 1 rings (SSSR count). The Labute approximate surface area is 109 Å². The van der Waals surface area contributed by atoms with Crippen LogP contribution in [0.4, 0.5) is 5.69 Å². The summed E-state index contributed by atoms with van der Waals surface area (Å²) >= 11 is 1.46. The Morgan fingerprint density at radius 2 is 2.28 bits per heavy atom. The number of anilines is 1. The van der Waals surface area contributed by atoms with Gasteiger partial charge >= 0.3 is 5.97 Å². The summed E-state index contributed by atoms with van der Waals surface area (Å²) in [6, 6.07) is 2.85. The first-order valence-electron chi connectivity index (χ1n) is 5.19. The normalized spacial score (nSPS) is 10.1. The molecule has 1 aromatic heterocycles. The van der Waals surface area contributed by atoms with E-state index in [-0.39, 0.29) is 11.6 Å². The van der Waals surface area contributed by atoms with Gasteiger partial charge in [0.2, 0.25) is 5.91 Å². The molecule has 0 saturated heterocycles. The summed E-state index contributed by atoms with van der Waals surface area (Å²) in [4.78, 5) is 25.7. The number of hydrogen-bond acceptors (Lipinski definition) is 5. The van der Waals surface area contributed by atoms with E-state index < -0.39 is 5.97 Å². The number of nitrogens with zero attached hydrogens (tertiary/aromatic N) is 1. The summed E-state index contributed by atoms with van der Waals surface area (Å²) in [5.74, 6) is -0.173. The summed E-state index contributed by atoms with van der Waals surface area (Å²) in [7, 11) is 1.61. The number of carboxylic acid groups (broad SMARTS) is 1. The van der Waals surface area contributed by atoms with Gasteiger partial charge in [0.15, 0.2) is 0 Å². The minimum Gasteiger partial charge on any atom is -0.477 e. The van der Waals surface area contributed by atoms with Crippen LogP contribution in [0.15, 0.2) is 18.3 Å². The van der Waals surface area contributed by atoms with E-state index in [4.69, 9.17) is 9.84 Å². The third kappa shape index (κ3) is 5.15. The van der Waals surface area contributed by atoms with E-state index in [1.165, 1.54) is 30.1 Å². The van der Waals surface area contributed by atoms with Gasteiger partial charge in [0.05, 0.1) is 24.2 Å². The quantitative estimate of drug-likeness (QED) is 0.721. The largest absolute Gasteiger partial charge is 0.477 e. The zero-order valence-corrected chi connectivity index (χ0v) is 10.7. The smallest absolute Gasteiger partial charge is 0.354 e. The monoisotopic (exact) mass is 270 g/mol. The van der Waals surface area contributed by atoms with Gasteiger partial charge in [-0.05, 0) is 12.1 Å². The average molecular weight is 270 g/mol. The maximum absolute atomic E-state index is 11.5. The number of carbonyl (C=O) groups is 2. The molecular weight excluding hydrogens is 256 g/mol. The molecule has 1 heterocycles. The summed E-state index contributed by atoms with van der Waals surface area (Å²) in [5.41, 5.74) is 0.430. The summed E-state index contributed by atoms with van der Waals surface area (Å²) in [5, 5.41) is 11.3. The van der Waals surface area contributed by atoms with E-state index in [0.29, 0.717) is 18.0 Å². The molecule has 6 nitrogen and oxygen atoms in total. The van der Waals surface area contributed by atoms with E-state index in [1.807, 2.05) is 0 Å². The summed E-state index contributed by atoms with van der Waals surface area (Å²) < 4.78 is 4.86. The van der Waals surface area contributed by atoms with Crippen LogP contribution in [-0.4, -0.2) is 47.2 Å². The fraction of sp³-hybridized carbons (Fsp3) is 0.364. The molecular formula is C11H14N2O4S. The second kappa shape index (κ2) is 7.67. The predicted octanol–water partition coefficient (Wildman–Crippen LogP) is 1.10. The Hall–Kier alpha value is -1.60. The highest BCUT2D eigenvalue weighted by atomic mass is 32.2. The van der Waals surface area contributed by atoms with Crippen LogP contribution in [0.2, 0.25) is 0 Å². The van der Waals surface area contributed by atoms with Crippen LogP contribution in [0.3, 0.4) is 0 Å². The van der Waals surface area contributed by atoms with Gasteiger partial charge in [-0.3, -0.25) is 4.79 Å². The van der Waals surface area contributed by atoms with Crippen molar-refractivity contribution in [1.29, 1.82) is 0 Å². The van der Waals surface area contributed by atoms with Crippen LogP contribution in [-0.2, 0) is 9.53 Å². The number of nitrogens with one attached hydrogen (secondary N) is 1. The van der Waals surface area contributed by atoms with E-state index in [0.717, 1.165) is 5.75 Å². The molecule has 2 N–H and O–H groups in total. The van der Waals surface area contributed by atoms with Crippen molar-refractivity contribution < 1.29 is 19.4 Å². The lowest BCUT2D eigenvalue weighted by molar-refractivity contribution is -0.113. The zero-order chi connectivity index (χ0) is 13.4. The fourth-order valence-electron chi connectivity index (χ4n) is 1.10. The van der Waals surface area contributed by atoms with Crippen molar-refractivity contribution in [2.75, 3.05) is 30.5 Å². The number of hydrogen-bond donors (Lipinski definition) is 2. The third-order valence-corrected chi connectivity index (χ3v) is 2.85.